The highest BCUT2D eigenvalue weighted by atomic mass is 16.4. The molecule has 5 nitrogen and oxygen atoms in total. The zero-order valence-corrected chi connectivity index (χ0v) is 14.1. The van der Waals surface area contributed by atoms with Gasteiger partial charge in [0.2, 0.25) is 0 Å². The van der Waals surface area contributed by atoms with Crippen LogP contribution in [0.5, 0.6) is 0 Å². The van der Waals surface area contributed by atoms with Gasteiger partial charge in [-0.1, -0.05) is 36.4 Å². The number of aromatic nitrogens is 2. The van der Waals surface area contributed by atoms with Gasteiger partial charge in [0.15, 0.2) is 0 Å². The zero-order chi connectivity index (χ0) is 17.8. The molecule has 2 aromatic carbocycles. The van der Waals surface area contributed by atoms with Gasteiger partial charge in [0, 0.05) is 5.56 Å². The van der Waals surface area contributed by atoms with Crippen molar-refractivity contribution in [2.75, 3.05) is 5.32 Å². The minimum atomic E-state index is -0.931. The number of nitrogens with one attached hydrogen (secondary N) is 1. The molecule has 0 saturated carbocycles. The Morgan fingerprint density at radius 1 is 1.12 bits per heavy atom. The maximum absolute atomic E-state index is 11.2. The molecule has 126 valence electrons. The Balaban J connectivity index is 1.85. The molecule has 5 heteroatoms. The summed E-state index contributed by atoms with van der Waals surface area (Å²) in [6, 6.07) is 14.9. The van der Waals surface area contributed by atoms with E-state index in [1.54, 1.807) is 24.5 Å². The highest BCUT2D eigenvalue weighted by Gasteiger charge is 2.13. The van der Waals surface area contributed by atoms with E-state index in [0.29, 0.717) is 5.82 Å². The average molecular weight is 333 g/mol. The molecule has 0 radical (unpaired) electrons. The topological polar surface area (TPSA) is 75.1 Å². The monoisotopic (exact) mass is 333 g/mol. The SMILES string of the molecule is Cc1ccc(C(=O)O)cc1C(C)Nc1cncc(-c2ccccc2)n1. The third kappa shape index (κ3) is 3.83. The van der Waals surface area contributed by atoms with Crippen LogP contribution in [-0.4, -0.2) is 21.0 Å². The highest BCUT2D eigenvalue weighted by Crippen LogP contribution is 2.24. The standard InChI is InChI=1S/C20H19N3O2/c1-13-8-9-16(20(24)25)10-17(13)14(2)22-19-12-21-11-18(23-19)15-6-4-3-5-7-15/h3-12,14H,1-2H3,(H,22,23)(H,24,25). The van der Waals surface area contributed by atoms with Gasteiger partial charge < -0.3 is 10.4 Å². The van der Waals surface area contributed by atoms with Crippen LogP contribution in [0.1, 0.15) is 34.5 Å². The van der Waals surface area contributed by atoms with E-state index in [0.717, 1.165) is 22.4 Å². The van der Waals surface area contributed by atoms with Gasteiger partial charge in [-0.2, -0.15) is 0 Å². The number of benzene rings is 2. The number of anilines is 1. The summed E-state index contributed by atoms with van der Waals surface area (Å²) >= 11 is 0. The quantitative estimate of drug-likeness (QED) is 0.727. The van der Waals surface area contributed by atoms with Crippen LogP contribution in [0.2, 0.25) is 0 Å². The molecule has 3 aromatic rings. The van der Waals surface area contributed by atoms with E-state index in [4.69, 9.17) is 0 Å². The minimum Gasteiger partial charge on any atom is -0.478 e. The molecule has 0 aliphatic rings. The summed E-state index contributed by atoms with van der Waals surface area (Å²) in [5.41, 5.74) is 4.01. The highest BCUT2D eigenvalue weighted by molar-refractivity contribution is 5.88. The summed E-state index contributed by atoms with van der Waals surface area (Å²) in [4.78, 5) is 20.1. The molecule has 0 aliphatic heterocycles. The first-order chi connectivity index (χ1) is 12.0. The summed E-state index contributed by atoms with van der Waals surface area (Å²) < 4.78 is 0. The number of carboxylic acid groups (broad SMARTS) is 1. The molecule has 0 amide bonds. The predicted octanol–water partition coefficient (Wildman–Crippen LogP) is 4.32. The van der Waals surface area contributed by atoms with Crippen LogP contribution in [0.15, 0.2) is 60.9 Å². The Hall–Kier alpha value is -3.21. The molecule has 1 unspecified atom stereocenters. The third-order valence-corrected chi connectivity index (χ3v) is 4.06. The Morgan fingerprint density at radius 3 is 2.60 bits per heavy atom. The van der Waals surface area contributed by atoms with Gasteiger partial charge >= 0.3 is 5.97 Å². The van der Waals surface area contributed by atoms with Gasteiger partial charge in [-0.3, -0.25) is 4.98 Å². The normalized spacial score (nSPS) is 11.8. The maximum atomic E-state index is 11.2. The molecule has 0 saturated heterocycles. The molecule has 0 aliphatic carbocycles. The van der Waals surface area contributed by atoms with E-state index in [9.17, 15) is 9.90 Å². The Morgan fingerprint density at radius 2 is 1.88 bits per heavy atom. The first kappa shape index (κ1) is 16.6. The van der Waals surface area contributed by atoms with Crippen molar-refractivity contribution in [2.24, 2.45) is 0 Å². The lowest BCUT2D eigenvalue weighted by atomic mass is 9.99. The number of nitrogens with zero attached hydrogens (tertiary/aromatic N) is 2. The van der Waals surface area contributed by atoms with Gasteiger partial charge in [0.05, 0.1) is 29.7 Å². The van der Waals surface area contributed by atoms with Crippen molar-refractivity contribution >= 4 is 11.8 Å². The van der Waals surface area contributed by atoms with Crippen LogP contribution >= 0.6 is 0 Å². The molecular weight excluding hydrogens is 314 g/mol. The number of carbonyl (C=O) groups is 1. The van der Waals surface area contributed by atoms with Crippen molar-refractivity contribution in [2.45, 2.75) is 19.9 Å². The van der Waals surface area contributed by atoms with Crippen molar-refractivity contribution in [1.29, 1.82) is 0 Å². The number of hydrogen-bond donors (Lipinski definition) is 2. The fourth-order valence-electron chi connectivity index (χ4n) is 2.72. The van der Waals surface area contributed by atoms with Crippen LogP contribution in [0.4, 0.5) is 5.82 Å². The van der Waals surface area contributed by atoms with Crippen molar-refractivity contribution in [3.8, 4) is 11.3 Å². The Bertz CT molecular complexity index is 894. The lowest BCUT2D eigenvalue weighted by Crippen LogP contribution is -2.11. The predicted molar refractivity (Wildman–Crippen MR) is 97.6 cm³/mol. The van der Waals surface area contributed by atoms with Gasteiger partial charge in [0.1, 0.15) is 5.82 Å². The molecule has 2 N–H and O–H groups in total. The minimum absolute atomic E-state index is 0.0976. The fourth-order valence-corrected chi connectivity index (χ4v) is 2.72. The number of carboxylic acids is 1. The molecule has 3 rings (SSSR count). The van der Waals surface area contributed by atoms with Crippen LogP contribution in [0, 0.1) is 6.92 Å². The van der Waals surface area contributed by atoms with Crippen LogP contribution in [-0.2, 0) is 0 Å². The van der Waals surface area contributed by atoms with Crippen molar-refractivity contribution in [3.63, 3.8) is 0 Å². The molecule has 0 spiro atoms. The summed E-state index contributed by atoms with van der Waals surface area (Å²) in [5.74, 6) is -0.284. The molecule has 1 atom stereocenters. The molecular formula is C20H19N3O2. The molecule has 1 aromatic heterocycles. The number of aryl methyl sites for hydroxylation is 1. The summed E-state index contributed by atoms with van der Waals surface area (Å²) in [5, 5.41) is 12.5. The molecule has 25 heavy (non-hydrogen) atoms. The summed E-state index contributed by atoms with van der Waals surface area (Å²) in [6.45, 7) is 3.94. The van der Waals surface area contributed by atoms with Gasteiger partial charge in [-0.25, -0.2) is 9.78 Å². The van der Waals surface area contributed by atoms with Gasteiger partial charge in [-0.15, -0.1) is 0 Å². The summed E-state index contributed by atoms with van der Waals surface area (Å²) in [7, 11) is 0. The smallest absolute Gasteiger partial charge is 0.335 e. The van der Waals surface area contributed by atoms with E-state index in [1.165, 1.54) is 0 Å². The maximum Gasteiger partial charge on any atom is 0.335 e. The van der Waals surface area contributed by atoms with E-state index in [-0.39, 0.29) is 11.6 Å². The Labute approximate surface area is 146 Å². The van der Waals surface area contributed by atoms with Crippen LogP contribution in [0.25, 0.3) is 11.3 Å². The molecule has 0 fully saturated rings. The second kappa shape index (κ2) is 7.13. The number of rotatable bonds is 5. The van der Waals surface area contributed by atoms with Crippen molar-refractivity contribution in [1.82, 2.24) is 9.97 Å². The summed E-state index contributed by atoms with van der Waals surface area (Å²) in [6.07, 6.45) is 3.39. The van der Waals surface area contributed by atoms with E-state index in [2.05, 4.69) is 15.3 Å². The second-order valence-electron chi connectivity index (χ2n) is 5.90. The van der Waals surface area contributed by atoms with E-state index in [1.807, 2.05) is 50.2 Å². The lowest BCUT2D eigenvalue weighted by Gasteiger charge is -2.18. The van der Waals surface area contributed by atoms with Crippen molar-refractivity contribution < 1.29 is 9.90 Å². The van der Waals surface area contributed by atoms with Crippen LogP contribution in [0.3, 0.4) is 0 Å². The average Bonchev–Trinajstić information content (AvgIpc) is 2.62. The molecule has 0 bridgehead atoms. The number of aromatic carboxylic acids is 1. The zero-order valence-electron chi connectivity index (χ0n) is 14.1. The Kier molecular flexibility index (Phi) is 4.75. The van der Waals surface area contributed by atoms with E-state index < -0.39 is 5.97 Å². The molecule has 1 heterocycles. The first-order valence-electron chi connectivity index (χ1n) is 8.02. The second-order valence-corrected chi connectivity index (χ2v) is 5.90. The largest absolute Gasteiger partial charge is 0.478 e. The third-order valence-electron chi connectivity index (χ3n) is 4.06. The first-order valence-corrected chi connectivity index (χ1v) is 8.02. The fraction of sp³-hybridized carbons (Fsp3) is 0.150. The van der Waals surface area contributed by atoms with Gasteiger partial charge in [-0.05, 0) is 37.1 Å². The van der Waals surface area contributed by atoms with Gasteiger partial charge in [0.25, 0.3) is 0 Å². The number of hydrogen-bond acceptors (Lipinski definition) is 4. The van der Waals surface area contributed by atoms with E-state index >= 15 is 0 Å². The van der Waals surface area contributed by atoms with Crippen LogP contribution < -0.4 is 5.32 Å². The van der Waals surface area contributed by atoms with Crippen molar-refractivity contribution in [3.05, 3.63) is 77.6 Å². The lowest BCUT2D eigenvalue weighted by molar-refractivity contribution is 0.0696.